The second-order valence-electron chi connectivity index (χ2n) is 7.50. The van der Waals surface area contributed by atoms with Crippen LogP contribution in [0.1, 0.15) is 17.5 Å². The van der Waals surface area contributed by atoms with Crippen LogP contribution in [0.5, 0.6) is 0 Å². The summed E-state index contributed by atoms with van der Waals surface area (Å²) >= 11 is 7.02. The van der Waals surface area contributed by atoms with Crippen molar-refractivity contribution >= 4 is 49.9 Å². The normalized spacial score (nSPS) is 37.8. The lowest BCUT2D eigenvalue weighted by Crippen LogP contribution is -2.40. The van der Waals surface area contributed by atoms with Crippen LogP contribution in [0, 0.1) is 42.4 Å². The highest BCUT2D eigenvalue weighted by atomic mass is 79.9. The Balaban J connectivity index is 1.45. The predicted molar refractivity (Wildman–Crippen MR) is 101 cm³/mol. The van der Waals surface area contributed by atoms with Gasteiger partial charge in [0.25, 0.3) is 11.8 Å². The van der Waals surface area contributed by atoms with Crippen LogP contribution in [-0.2, 0) is 9.59 Å². The number of amides is 2. The molecule has 5 aliphatic rings. The van der Waals surface area contributed by atoms with Gasteiger partial charge in [0.2, 0.25) is 0 Å². The zero-order chi connectivity index (χ0) is 17.5. The number of nitrogens with zero attached hydrogens (tertiary/aromatic N) is 2. The minimum absolute atomic E-state index is 0.124. The first-order valence-corrected chi connectivity index (χ1v) is 10.1. The van der Waals surface area contributed by atoms with Crippen LogP contribution in [0.4, 0.5) is 0 Å². The van der Waals surface area contributed by atoms with Crippen LogP contribution in [0.25, 0.3) is 0 Å². The van der Waals surface area contributed by atoms with Gasteiger partial charge < -0.3 is 0 Å². The van der Waals surface area contributed by atoms with Gasteiger partial charge in [-0.05, 0) is 60.3 Å². The number of rotatable bonds is 2. The molecule has 1 aromatic carbocycles. The number of carbonyl (C=O) groups is 2. The molecule has 1 heterocycles. The molecular formula is C19H16Br2N2O2. The molecule has 0 N–H and O–H groups in total. The summed E-state index contributed by atoms with van der Waals surface area (Å²) in [6, 6.07) is 3.87. The van der Waals surface area contributed by atoms with Crippen molar-refractivity contribution in [2.24, 2.45) is 40.6 Å². The lowest BCUT2D eigenvalue weighted by Gasteiger charge is -2.37. The fourth-order valence-electron chi connectivity index (χ4n) is 4.92. The van der Waals surface area contributed by atoms with Crippen LogP contribution in [0.15, 0.2) is 38.3 Å². The molecule has 0 aromatic heterocycles. The van der Waals surface area contributed by atoms with Crippen LogP contribution >= 0.6 is 31.9 Å². The molecule has 0 radical (unpaired) electrons. The second kappa shape index (κ2) is 5.36. The van der Waals surface area contributed by atoms with E-state index in [1.165, 1.54) is 6.42 Å². The molecule has 4 nitrogen and oxygen atoms in total. The van der Waals surface area contributed by atoms with Crippen molar-refractivity contribution in [3.63, 3.8) is 0 Å². The zero-order valence-electron chi connectivity index (χ0n) is 13.5. The average molecular weight is 464 g/mol. The van der Waals surface area contributed by atoms with E-state index in [9.17, 15) is 9.59 Å². The van der Waals surface area contributed by atoms with Crippen LogP contribution in [0.3, 0.4) is 0 Å². The third-order valence-corrected chi connectivity index (χ3v) is 7.91. The first-order valence-electron chi connectivity index (χ1n) is 8.53. The molecule has 3 fully saturated rings. The Morgan fingerprint density at radius 1 is 1.04 bits per heavy atom. The SMILES string of the molecule is Cc1c(Br)cc(C=NN2C(=O)[C@@H]3[C@H]4C=C[C@@H]([C@@H]5C[C@H]45)[C@@H]3C2=O)cc1Br. The quantitative estimate of drug-likeness (QED) is 0.379. The maximum Gasteiger partial charge on any atom is 0.254 e. The molecule has 1 aromatic rings. The van der Waals surface area contributed by atoms with Crippen molar-refractivity contribution in [3.05, 3.63) is 44.4 Å². The molecular weight excluding hydrogens is 448 g/mol. The van der Waals surface area contributed by atoms with Gasteiger partial charge in [0, 0.05) is 8.95 Å². The van der Waals surface area contributed by atoms with E-state index in [0.717, 1.165) is 25.1 Å². The van der Waals surface area contributed by atoms with E-state index in [4.69, 9.17) is 0 Å². The van der Waals surface area contributed by atoms with E-state index in [1.807, 2.05) is 19.1 Å². The van der Waals surface area contributed by atoms with Gasteiger partial charge in [0.05, 0.1) is 18.1 Å². The summed E-state index contributed by atoms with van der Waals surface area (Å²) in [5, 5.41) is 5.39. The summed E-state index contributed by atoms with van der Waals surface area (Å²) in [6.45, 7) is 2.00. The standard InChI is InChI=1S/C19H16Br2N2O2/c1-8-14(20)4-9(5-15(8)21)7-22-23-18(24)16-10-2-3-11(13-6-12(10)13)17(16)19(23)25/h2-5,7,10-13,16-17H,6H2,1H3/t10-,11-,12-,13+,16-,17+/m0/s1. The maximum atomic E-state index is 12.9. The van der Waals surface area contributed by atoms with E-state index in [2.05, 4.69) is 49.1 Å². The third-order valence-electron chi connectivity index (χ3n) is 6.27. The molecule has 6 rings (SSSR count). The molecule has 6 heteroatoms. The highest BCUT2D eigenvalue weighted by Gasteiger charge is 2.67. The number of carbonyl (C=O) groups excluding carboxylic acids is 2. The highest BCUT2D eigenvalue weighted by Crippen LogP contribution is 2.65. The number of allylic oxidation sites excluding steroid dienone is 2. The van der Waals surface area contributed by atoms with Crippen molar-refractivity contribution in [3.8, 4) is 0 Å². The van der Waals surface area contributed by atoms with Gasteiger partial charge in [-0.2, -0.15) is 10.1 Å². The Morgan fingerprint density at radius 3 is 2.08 bits per heavy atom. The van der Waals surface area contributed by atoms with E-state index in [1.54, 1.807) is 6.21 Å². The maximum absolute atomic E-state index is 12.9. The lowest BCUT2D eigenvalue weighted by atomic mass is 9.63. The van der Waals surface area contributed by atoms with E-state index in [-0.39, 0.29) is 35.5 Å². The minimum Gasteiger partial charge on any atom is -0.272 e. The summed E-state index contributed by atoms with van der Waals surface area (Å²) < 4.78 is 1.91. The van der Waals surface area contributed by atoms with Gasteiger partial charge in [0.15, 0.2) is 0 Å². The Morgan fingerprint density at radius 2 is 1.56 bits per heavy atom. The first kappa shape index (κ1) is 15.9. The molecule has 0 spiro atoms. The second-order valence-corrected chi connectivity index (χ2v) is 9.21. The van der Waals surface area contributed by atoms with Crippen molar-refractivity contribution in [2.75, 3.05) is 0 Å². The molecule has 4 aliphatic carbocycles. The smallest absolute Gasteiger partial charge is 0.254 e. The van der Waals surface area contributed by atoms with Gasteiger partial charge in [-0.1, -0.05) is 44.0 Å². The van der Waals surface area contributed by atoms with Gasteiger partial charge in [-0.15, -0.1) is 0 Å². The van der Waals surface area contributed by atoms with Crippen molar-refractivity contribution in [1.29, 1.82) is 0 Å². The van der Waals surface area contributed by atoms with Crippen molar-refractivity contribution < 1.29 is 9.59 Å². The highest BCUT2D eigenvalue weighted by molar-refractivity contribution is 9.11. The molecule has 2 amide bonds. The van der Waals surface area contributed by atoms with Gasteiger partial charge in [-0.25, -0.2) is 0 Å². The fraction of sp³-hybridized carbons (Fsp3) is 0.421. The number of imide groups is 1. The predicted octanol–water partition coefficient (Wildman–Crippen LogP) is 3.91. The molecule has 25 heavy (non-hydrogen) atoms. The third kappa shape index (κ3) is 2.19. The number of hydrazone groups is 1. The van der Waals surface area contributed by atoms with Crippen molar-refractivity contribution in [1.82, 2.24) is 5.01 Å². The summed E-state index contributed by atoms with van der Waals surface area (Å²) in [4.78, 5) is 25.7. The van der Waals surface area contributed by atoms with E-state index >= 15 is 0 Å². The van der Waals surface area contributed by atoms with E-state index in [0.29, 0.717) is 11.8 Å². The summed E-state index contributed by atoms with van der Waals surface area (Å²) in [7, 11) is 0. The Kier molecular flexibility index (Phi) is 3.42. The molecule has 2 saturated carbocycles. The number of benzene rings is 1. The van der Waals surface area contributed by atoms with Crippen LogP contribution in [-0.4, -0.2) is 23.0 Å². The molecule has 6 atom stereocenters. The number of halogens is 2. The largest absolute Gasteiger partial charge is 0.272 e. The first-order chi connectivity index (χ1) is 12.0. The Hall–Kier alpha value is -1.27. The van der Waals surface area contributed by atoms with Gasteiger partial charge in [0.1, 0.15) is 0 Å². The monoisotopic (exact) mass is 462 g/mol. The van der Waals surface area contributed by atoms with Gasteiger partial charge >= 0.3 is 0 Å². The molecule has 0 unspecified atom stereocenters. The molecule has 1 aliphatic heterocycles. The van der Waals surface area contributed by atoms with Crippen LogP contribution < -0.4 is 0 Å². The zero-order valence-corrected chi connectivity index (χ0v) is 16.7. The number of hydrogen-bond donors (Lipinski definition) is 0. The average Bonchev–Trinajstić information content (AvgIpc) is 3.37. The lowest BCUT2D eigenvalue weighted by molar-refractivity contribution is -0.140. The van der Waals surface area contributed by atoms with Gasteiger partial charge in [-0.3, -0.25) is 9.59 Å². The summed E-state index contributed by atoms with van der Waals surface area (Å²) in [5.74, 6) is 1.06. The molecule has 2 bridgehead atoms. The number of hydrogen-bond acceptors (Lipinski definition) is 3. The topological polar surface area (TPSA) is 49.7 Å². The van der Waals surface area contributed by atoms with E-state index < -0.39 is 0 Å². The van der Waals surface area contributed by atoms with Crippen molar-refractivity contribution in [2.45, 2.75) is 13.3 Å². The molecule has 1 saturated heterocycles. The fourth-order valence-corrected chi connectivity index (χ4v) is 6.14. The summed E-state index contributed by atoms with van der Waals surface area (Å²) in [5.41, 5.74) is 1.93. The molecule has 128 valence electrons. The minimum atomic E-state index is -0.195. The Labute approximate surface area is 162 Å². The summed E-state index contributed by atoms with van der Waals surface area (Å²) in [6.07, 6.45) is 7.11. The van der Waals surface area contributed by atoms with Crippen LogP contribution in [0.2, 0.25) is 0 Å². The Bertz CT molecular complexity index is 819.